The smallest absolute Gasteiger partial charge is 0.339 e. The molecule has 0 bridgehead atoms. The third-order valence-corrected chi connectivity index (χ3v) is 6.98. The lowest BCUT2D eigenvalue weighted by Gasteiger charge is -2.62. The van der Waals surface area contributed by atoms with Crippen LogP contribution in [0.2, 0.25) is 0 Å². The molecule has 2 fully saturated rings. The van der Waals surface area contributed by atoms with Crippen LogP contribution < -0.4 is 4.74 Å². The van der Waals surface area contributed by atoms with Gasteiger partial charge in [0, 0.05) is 17.4 Å². The van der Waals surface area contributed by atoms with Crippen molar-refractivity contribution in [2.75, 3.05) is 0 Å². The summed E-state index contributed by atoms with van der Waals surface area (Å²) in [4.78, 5) is 11.8. The first kappa shape index (κ1) is 15.8. The summed E-state index contributed by atoms with van der Waals surface area (Å²) in [5.74, 6) is 0.736. The fourth-order valence-corrected chi connectivity index (χ4v) is 5.93. The monoisotopic (exact) mass is 330 g/mol. The Morgan fingerprint density at radius 3 is 2.71 bits per heavy atom. The highest BCUT2D eigenvalue weighted by molar-refractivity contribution is 5.94. The number of rotatable bonds is 3. The van der Waals surface area contributed by atoms with E-state index < -0.39 is 5.97 Å². The molecule has 3 aliphatic rings. The van der Waals surface area contributed by atoms with Crippen LogP contribution >= 0.6 is 0 Å². The fraction of sp³-hybridized carbons (Fsp3) is 0.650. The van der Waals surface area contributed by atoms with Crippen molar-refractivity contribution in [3.63, 3.8) is 0 Å². The highest BCUT2D eigenvalue weighted by Gasteiger charge is 2.69. The number of phenols is 1. The minimum Gasteiger partial charge on any atom is -0.507 e. The van der Waals surface area contributed by atoms with Crippen molar-refractivity contribution >= 4 is 5.97 Å². The molecule has 2 N–H and O–H groups in total. The molecule has 4 heteroatoms. The van der Waals surface area contributed by atoms with Crippen molar-refractivity contribution in [2.24, 2.45) is 17.3 Å². The average molecular weight is 330 g/mol. The first-order valence-electron chi connectivity index (χ1n) is 9.03. The van der Waals surface area contributed by atoms with Crippen molar-refractivity contribution in [3.8, 4) is 11.5 Å². The molecule has 0 amide bonds. The van der Waals surface area contributed by atoms with E-state index in [9.17, 15) is 15.0 Å². The number of ether oxygens (including phenoxy) is 1. The van der Waals surface area contributed by atoms with Crippen LogP contribution in [0.1, 0.15) is 74.4 Å². The predicted octanol–water partition coefficient (Wildman–Crippen LogP) is 4.34. The van der Waals surface area contributed by atoms with Gasteiger partial charge in [-0.05, 0) is 49.1 Å². The summed E-state index contributed by atoms with van der Waals surface area (Å²) < 4.78 is 6.39. The van der Waals surface area contributed by atoms with Gasteiger partial charge in [0.2, 0.25) is 0 Å². The molecule has 0 unspecified atom stereocenters. The zero-order valence-electron chi connectivity index (χ0n) is 14.8. The van der Waals surface area contributed by atoms with E-state index in [4.69, 9.17) is 4.74 Å². The molecule has 130 valence electrons. The topological polar surface area (TPSA) is 66.8 Å². The predicted molar refractivity (Wildman–Crippen MR) is 90.8 cm³/mol. The van der Waals surface area contributed by atoms with Gasteiger partial charge >= 0.3 is 5.97 Å². The summed E-state index contributed by atoms with van der Waals surface area (Å²) in [5.41, 5.74) is 1.37. The molecule has 0 spiro atoms. The fourth-order valence-electron chi connectivity index (χ4n) is 5.93. The van der Waals surface area contributed by atoms with Crippen LogP contribution in [0.4, 0.5) is 0 Å². The maximum absolute atomic E-state index is 11.8. The third-order valence-electron chi connectivity index (χ3n) is 6.98. The number of benzene rings is 1. The van der Waals surface area contributed by atoms with Gasteiger partial charge in [-0.1, -0.05) is 27.2 Å². The molecule has 0 saturated heterocycles. The Hall–Kier alpha value is -1.71. The number of fused-ring (bicyclic) bond motifs is 2. The molecule has 0 aromatic heterocycles. The van der Waals surface area contributed by atoms with Crippen molar-refractivity contribution in [1.82, 2.24) is 0 Å². The van der Waals surface area contributed by atoms with Crippen LogP contribution in [0.15, 0.2) is 6.07 Å². The molecule has 24 heavy (non-hydrogen) atoms. The standard InChI is InChI=1S/C20H26O4/c1-5-6-10-9-12-14(17(21)13(10)18(22)23)16-15-11(19(16,2)3)7-8-20(15,4)24-12/h9,11,15-16,21H,5-8H2,1-4H3,(H,22,23)/t11-,15-,16-,20-/m0/s1. The first-order chi connectivity index (χ1) is 11.2. The van der Waals surface area contributed by atoms with Crippen molar-refractivity contribution in [3.05, 3.63) is 22.8 Å². The zero-order valence-corrected chi connectivity index (χ0v) is 14.8. The summed E-state index contributed by atoms with van der Waals surface area (Å²) in [5, 5.41) is 20.5. The van der Waals surface area contributed by atoms with Crippen LogP contribution in [-0.2, 0) is 6.42 Å². The Labute approximate surface area is 142 Å². The van der Waals surface area contributed by atoms with Gasteiger partial charge in [0.25, 0.3) is 0 Å². The first-order valence-corrected chi connectivity index (χ1v) is 9.03. The minimum atomic E-state index is -1.05. The molecule has 2 aliphatic carbocycles. The number of aryl methyl sites for hydroxylation is 1. The highest BCUT2D eigenvalue weighted by atomic mass is 16.5. The number of aromatic carboxylic acids is 1. The summed E-state index contributed by atoms with van der Waals surface area (Å²) >= 11 is 0. The Balaban J connectivity index is 1.95. The van der Waals surface area contributed by atoms with Crippen LogP contribution in [0.3, 0.4) is 0 Å². The maximum Gasteiger partial charge on any atom is 0.339 e. The molecule has 4 rings (SSSR count). The van der Waals surface area contributed by atoms with E-state index >= 15 is 0 Å². The number of aromatic hydroxyl groups is 1. The average Bonchev–Trinajstić information content (AvgIpc) is 2.81. The van der Waals surface area contributed by atoms with E-state index in [1.807, 2.05) is 13.0 Å². The van der Waals surface area contributed by atoms with Gasteiger partial charge in [-0.3, -0.25) is 0 Å². The second kappa shape index (κ2) is 4.68. The van der Waals surface area contributed by atoms with Crippen LogP contribution in [0.5, 0.6) is 11.5 Å². The normalized spacial score (nSPS) is 34.8. The molecule has 1 aromatic carbocycles. The molecule has 2 saturated carbocycles. The molecule has 1 aliphatic heterocycles. The molecular formula is C20H26O4. The largest absolute Gasteiger partial charge is 0.507 e. The van der Waals surface area contributed by atoms with Gasteiger partial charge in [0.1, 0.15) is 22.7 Å². The highest BCUT2D eigenvalue weighted by Crippen LogP contribution is 2.74. The van der Waals surface area contributed by atoms with Gasteiger partial charge in [-0.2, -0.15) is 0 Å². The van der Waals surface area contributed by atoms with Crippen LogP contribution in [0.25, 0.3) is 0 Å². The van der Waals surface area contributed by atoms with E-state index in [0.717, 1.165) is 24.8 Å². The number of hydrogen-bond donors (Lipinski definition) is 2. The minimum absolute atomic E-state index is 0.0612. The number of carboxylic acid groups (broad SMARTS) is 1. The number of carbonyl (C=O) groups is 1. The van der Waals surface area contributed by atoms with Crippen LogP contribution in [-0.4, -0.2) is 21.8 Å². The van der Waals surface area contributed by atoms with Gasteiger partial charge < -0.3 is 14.9 Å². The van der Waals surface area contributed by atoms with Gasteiger partial charge in [0.15, 0.2) is 0 Å². The molecule has 4 nitrogen and oxygen atoms in total. The number of carboxylic acids is 1. The van der Waals surface area contributed by atoms with Gasteiger partial charge in [-0.15, -0.1) is 0 Å². The lowest BCUT2D eigenvalue weighted by atomic mass is 9.45. The van der Waals surface area contributed by atoms with Crippen molar-refractivity contribution in [1.29, 1.82) is 0 Å². The lowest BCUT2D eigenvalue weighted by molar-refractivity contribution is -0.121. The number of hydrogen-bond acceptors (Lipinski definition) is 3. The Bertz CT molecular complexity index is 736. The van der Waals surface area contributed by atoms with E-state index in [0.29, 0.717) is 29.6 Å². The second-order valence-electron chi connectivity index (χ2n) is 8.61. The maximum atomic E-state index is 11.8. The summed E-state index contributed by atoms with van der Waals surface area (Å²) in [6, 6.07) is 1.88. The van der Waals surface area contributed by atoms with Crippen molar-refractivity contribution in [2.45, 2.75) is 64.9 Å². The summed E-state index contributed by atoms with van der Waals surface area (Å²) in [7, 11) is 0. The summed E-state index contributed by atoms with van der Waals surface area (Å²) in [6.07, 6.45) is 3.64. The van der Waals surface area contributed by atoms with Crippen LogP contribution in [0, 0.1) is 17.3 Å². The van der Waals surface area contributed by atoms with Crippen molar-refractivity contribution < 1.29 is 19.7 Å². The Morgan fingerprint density at radius 1 is 1.38 bits per heavy atom. The SMILES string of the molecule is CCCc1cc2c(c(O)c1C(=O)O)[C@H]1[C@@H]3[C@H](CC[C@]3(C)O2)C1(C)C. The third kappa shape index (κ3) is 1.72. The second-order valence-corrected chi connectivity index (χ2v) is 8.61. The van der Waals surface area contributed by atoms with E-state index in [1.54, 1.807) is 0 Å². The van der Waals surface area contributed by atoms with Gasteiger partial charge in [-0.25, -0.2) is 4.79 Å². The quantitative estimate of drug-likeness (QED) is 0.865. The molecule has 4 atom stereocenters. The molecule has 1 heterocycles. The Kier molecular flexibility index (Phi) is 3.08. The Morgan fingerprint density at radius 2 is 2.08 bits per heavy atom. The van der Waals surface area contributed by atoms with Gasteiger partial charge in [0.05, 0.1) is 0 Å². The van der Waals surface area contributed by atoms with E-state index in [1.165, 1.54) is 0 Å². The molecule has 1 aromatic rings. The lowest BCUT2D eigenvalue weighted by Crippen LogP contribution is -2.59. The molecular weight excluding hydrogens is 304 g/mol. The van der Waals surface area contributed by atoms with E-state index in [2.05, 4.69) is 20.8 Å². The molecule has 0 radical (unpaired) electrons. The summed E-state index contributed by atoms with van der Waals surface area (Å²) in [6.45, 7) is 8.69. The van der Waals surface area contributed by atoms with E-state index in [-0.39, 0.29) is 28.2 Å². The zero-order chi connectivity index (χ0) is 17.4.